The highest BCUT2D eigenvalue weighted by atomic mass is 16.6. The minimum absolute atomic E-state index is 0.0746. The van der Waals surface area contributed by atoms with Crippen molar-refractivity contribution < 1.29 is 14.6 Å². The first-order valence-electron chi connectivity index (χ1n) is 6.72. The first-order valence-corrected chi connectivity index (χ1v) is 6.72. The maximum Gasteiger partial charge on any atom is 0.413 e. The van der Waals surface area contributed by atoms with Gasteiger partial charge in [0.25, 0.3) is 0 Å². The fourth-order valence-electron chi connectivity index (χ4n) is 1.71. The van der Waals surface area contributed by atoms with Gasteiger partial charge < -0.3 is 9.84 Å². The third-order valence-electron chi connectivity index (χ3n) is 2.48. The maximum atomic E-state index is 11.7. The Morgan fingerprint density at radius 2 is 1.90 bits per heavy atom. The third-order valence-corrected chi connectivity index (χ3v) is 2.48. The molecule has 1 amide bonds. The predicted molar refractivity (Wildman–Crippen MR) is 77.7 cm³/mol. The summed E-state index contributed by atoms with van der Waals surface area (Å²) >= 11 is 0. The molecular weight excluding hydrogens is 258 g/mol. The zero-order chi connectivity index (χ0) is 15.7. The second kappa shape index (κ2) is 5.44. The maximum absolute atomic E-state index is 11.7. The van der Waals surface area contributed by atoms with Crippen LogP contribution in [0.3, 0.4) is 0 Å². The van der Waals surface area contributed by atoms with Crippen molar-refractivity contribution in [1.29, 1.82) is 0 Å². The molecule has 20 heavy (non-hydrogen) atoms. The average molecular weight is 283 g/mol. The zero-order valence-electron chi connectivity index (χ0n) is 13.3. The normalized spacial score (nSPS) is 12.7. The highest BCUT2D eigenvalue weighted by Gasteiger charge is 2.25. The van der Waals surface area contributed by atoms with E-state index in [-0.39, 0.29) is 6.04 Å². The van der Waals surface area contributed by atoms with Crippen LogP contribution in [-0.4, -0.2) is 26.6 Å². The Hall–Kier alpha value is -1.56. The number of nitrogens with one attached hydrogen (secondary N) is 1. The number of carbonyl (C=O) groups is 1. The van der Waals surface area contributed by atoms with E-state index in [2.05, 4.69) is 10.4 Å². The molecule has 0 aliphatic heterocycles. The number of aliphatic hydroxyl groups is 1. The average Bonchev–Trinajstić information content (AvgIpc) is 2.57. The highest BCUT2D eigenvalue weighted by Crippen LogP contribution is 2.25. The molecule has 6 heteroatoms. The van der Waals surface area contributed by atoms with Crippen LogP contribution in [0.25, 0.3) is 0 Å². The van der Waals surface area contributed by atoms with Crippen LogP contribution in [0.15, 0.2) is 6.07 Å². The molecule has 1 aromatic rings. The largest absolute Gasteiger partial charge is 0.444 e. The third kappa shape index (κ3) is 4.52. The summed E-state index contributed by atoms with van der Waals surface area (Å²) in [5.41, 5.74) is -0.965. The minimum Gasteiger partial charge on any atom is -0.444 e. The molecule has 0 fully saturated rings. The van der Waals surface area contributed by atoms with Gasteiger partial charge >= 0.3 is 6.09 Å². The van der Waals surface area contributed by atoms with E-state index in [9.17, 15) is 9.90 Å². The van der Waals surface area contributed by atoms with Crippen LogP contribution in [-0.2, 0) is 10.3 Å². The van der Waals surface area contributed by atoms with Crippen LogP contribution in [0, 0.1) is 0 Å². The number of anilines is 1. The van der Waals surface area contributed by atoms with Crippen LogP contribution < -0.4 is 5.32 Å². The molecule has 1 aromatic heterocycles. The summed E-state index contributed by atoms with van der Waals surface area (Å²) in [6, 6.07) is 1.73. The van der Waals surface area contributed by atoms with Crippen molar-refractivity contribution >= 4 is 11.9 Å². The Balaban J connectivity index is 2.96. The minimum atomic E-state index is -1.04. The SMILES string of the molecule is CC(C)n1nc(NC(=O)OC(C)(C)C)cc1C(C)(C)O. The first-order chi connectivity index (χ1) is 8.90. The Bertz CT molecular complexity index is 479. The van der Waals surface area contributed by atoms with Gasteiger partial charge in [-0.05, 0) is 48.5 Å². The van der Waals surface area contributed by atoms with Gasteiger partial charge in [-0.2, -0.15) is 5.10 Å². The van der Waals surface area contributed by atoms with Gasteiger partial charge in [-0.15, -0.1) is 0 Å². The van der Waals surface area contributed by atoms with Crippen molar-refractivity contribution in [2.45, 2.75) is 65.7 Å². The van der Waals surface area contributed by atoms with E-state index in [0.29, 0.717) is 11.5 Å². The van der Waals surface area contributed by atoms with Crippen LogP contribution in [0.2, 0.25) is 0 Å². The molecule has 1 heterocycles. The Kier molecular flexibility index (Phi) is 4.49. The highest BCUT2D eigenvalue weighted by molar-refractivity contribution is 5.83. The lowest BCUT2D eigenvalue weighted by Crippen LogP contribution is -2.27. The molecule has 0 aliphatic carbocycles. The van der Waals surface area contributed by atoms with Gasteiger partial charge in [0.15, 0.2) is 5.82 Å². The van der Waals surface area contributed by atoms with E-state index < -0.39 is 17.3 Å². The molecule has 0 aliphatic rings. The summed E-state index contributed by atoms with van der Waals surface area (Å²) in [5, 5.41) is 17.0. The number of ether oxygens (including phenoxy) is 1. The van der Waals surface area contributed by atoms with Gasteiger partial charge in [-0.1, -0.05) is 0 Å². The van der Waals surface area contributed by atoms with Crippen LogP contribution >= 0.6 is 0 Å². The summed E-state index contributed by atoms with van der Waals surface area (Å²) in [5.74, 6) is 0.366. The topological polar surface area (TPSA) is 76.4 Å². The lowest BCUT2D eigenvalue weighted by atomic mass is 10.1. The lowest BCUT2D eigenvalue weighted by molar-refractivity contribution is 0.0633. The molecular formula is C14H25N3O3. The smallest absolute Gasteiger partial charge is 0.413 e. The summed E-state index contributed by atoms with van der Waals surface area (Å²) < 4.78 is 6.86. The molecule has 0 saturated heterocycles. The molecule has 0 unspecified atom stereocenters. The number of rotatable bonds is 3. The van der Waals surface area contributed by atoms with Crippen molar-refractivity contribution in [3.05, 3.63) is 11.8 Å². The van der Waals surface area contributed by atoms with E-state index in [1.165, 1.54) is 0 Å². The molecule has 1 rings (SSSR count). The lowest BCUT2D eigenvalue weighted by Gasteiger charge is -2.20. The predicted octanol–water partition coefficient (Wildman–Crippen LogP) is 3.04. The molecule has 0 atom stereocenters. The van der Waals surface area contributed by atoms with Crippen molar-refractivity contribution in [2.75, 3.05) is 5.32 Å². The Morgan fingerprint density at radius 3 is 2.25 bits per heavy atom. The number of hydrogen-bond acceptors (Lipinski definition) is 4. The zero-order valence-corrected chi connectivity index (χ0v) is 13.3. The van der Waals surface area contributed by atoms with Crippen molar-refractivity contribution in [2.24, 2.45) is 0 Å². The molecule has 0 saturated carbocycles. The monoisotopic (exact) mass is 283 g/mol. The Labute approximate surface area is 120 Å². The van der Waals surface area contributed by atoms with E-state index in [0.717, 1.165) is 0 Å². The van der Waals surface area contributed by atoms with E-state index in [1.807, 2.05) is 13.8 Å². The quantitative estimate of drug-likeness (QED) is 0.894. The van der Waals surface area contributed by atoms with Gasteiger partial charge in [-0.25, -0.2) is 4.79 Å². The van der Waals surface area contributed by atoms with Gasteiger partial charge in [-0.3, -0.25) is 10.00 Å². The number of carbonyl (C=O) groups excluding carboxylic acids is 1. The molecule has 0 radical (unpaired) electrons. The molecule has 114 valence electrons. The van der Waals surface area contributed by atoms with Crippen LogP contribution in [0.1, 0.15) is 60.2 Å². The van der Waals surface area contributed by atoms with Gasteiger partial charge in [0, 0.05) is 12.1 Å². The number of nitrogens with zero attached hydrogens (tertiary/aromatic N) is 2. The second-order valence-electron chi connectivity index (χ2n) is 6.64. The van der Waals surface area contributed by atoms with Gasteiger partial charge in [0.1, 0.15) is 11.2 Å². The van der Waals surface area contributed by atoms with E-state index in [1.54, 1.807) is 45.4 Å². The standard InChI is InChI=1S/C14H25N3O3/c1-9(2)17-10(14(6,7)19)8-11(16-17)15-12(18)20-13(3,4)5/h8-9,19H,1-7H3,(H,15,16,18). The molecule has 6 nitrogen and oxygen atoms in total. The molecule has 0 aromatic carbocycles. The Morgan fingerprint density at radius 1 is 1.35 bits per heavy atom. The van der Waals surface area contributed by atoms with Gasteiger partial charge in [0.05, 0.1) is 5.69 Å². The van der Waals surface area contributed by atoms with E-state index in [4.69, 9.17) is 4.74 Å². The molecule has 2 N–H and O–H groups in total. The summed E-state index contributed by atoms with van der Waals surface area (Å²) in [6.45, 7) is 12.7. The van der Waals surface area contributed by atoms with Gasteiger partial charge in [0.2, 0.25) is 0 Å². The molecule has 0 bridgehead atoms. The van der Waals surface area contributed by atoms with Crippen LogP contribution in [0.5, 0.6) is 0 Å². The fourth-order valence-corrected chi connectivity index (χ4v) is 1.71. The first kappa shape index (κ1) is 16.5. The van der Waals surface area contributed by atoms with E-state index >= 15 is 0 Å². The summed E-state index contributed by atoms with van der Waals surface area (Å²) in [4.78, 5) is 11.7. The molecule has 0 spiro atoms. The van der Waals surface area contributed by atoms with Crippen molar-refractivity contribution in [3.8, 4) is 0 Å². The number of aromatic nitrogens is 2. The number of hydrogen-bond donors (Lipinski definition) is 2. The second-order valence-corrected chi connectivity index (χ2v) is 6.64. The fraction of sp³-hybridized carbons (Fsp3) is 0.714. The van der Waals surface area contributed by atoms with Crippen molar-refractivity contribution in [3.63, 3.8) is 0 Å². The summed E-state index contributed by atoms with van der Waals surface area (Å²) in [7, 11) is 0. The van der Waals surface area contributed by atoms with Crippen LogP contribution in [0.4, 0.5) is 10.6 Å². The van der Waals surface area contributed by atoms with Crippen molar-refractivity contribution in [1.82, 2.24) is 9.78 Å². The number of amides is 1. The summed E-state index contributed by atoms with van der Waals surface area (Å²) in [6.07, 6.45) is -0.562.